The van der Waals surface area contributed by atoms with Crippen LogP contribution < -0.4 is 0 Å². The minimum atomic E-state index is -0.254. The lowest BCUT2D eigenvalue weighted by molar-refractivity contribution is -0.144. The van der Waals surface area contributed by atoms with Crippen LogP contribution in [-0.2, 0) is 16.1 Å². The number of hydrogen-bond donors (Lipinski definition) is 0. The van der Waals surface area contributed by atoms with Crippen molar-refractivity contribution in [2.75, 3.05) is 19.7 Å². The molecular weight excluding hydrogens is 318 g/mol. The van der Waals surface area contributed by atoms with E-state index in [0.29, 0.717) is 29.9 Å². The zero-order valence-corrected chi connectivity index (χ0v) is 14.0. The number of carbonyl (C=O) groups excluding carboxylic acids is 1. The number of rotatable bonds is 8. The van der Waals surface area contributed by atoms with Crippen molar-refractivity contribution in [1.82, 2.24) is 15.0 Å². The predicted octanol–water partition coefficient (Wildman–Crippen LogP) is 3.17. The molecule has 0 bridgehead atoms. The van der Waals surface area contributed by atoms with Crippen molar-refractivity contribution < 1.29 is 14.1 Å². The van der Waals surface area contributed by atoms with Gasteiger partial charge in [-0.15, -0.1) is 0 Å². The maximum absolute atomic E-state index is 11.6. The topological polar surface area (TPSA) is 68.5 Å². The molecule has 0 radical (unpaired) electrons. The lowest BCUT2D eigenvalue weighted by Crippen LogP contribution is -2.31. The summed E-state index contributed by atoms with van der Waals surface area (Å²) in [4.78, 5) is 17.9. The molecule has 0 aliphatic heterocycles. The molecule has 7 heteroatoms. The molecule has 0 saturated heterocycles. The van der Waals surface area contributed by atoms with E-state index in [1.54, 1.807) is 19.1 Å². The van der Waals surface area contributed by atoms with Crippen molar-refractivity contribution in [1.29, 1.82) is 0 Å². The molecule has 0 amide bonds. The molecule has 2 aromatic rings. The van der Waals surface area contributed by atoms with E-state index >= 15 is 0 Å². The van der Waals surface area contributed by atoms with Crippen LogP contribution >= 0.6 is 11.6 Å². The first-order valence-corrected chi connectivity index (χ1v) is 7.96. The van der Waals surface area contributed by atoms with Gasteiger partial charge in [0.25, 0.3) is 0 Å². The first-order valence-electron chi connectivity index (χ1n) is 7.58. The predicted molar refractivity (Wildman–Crippen MR) is 86.9 cm³/mol. The highest BCUT2D eigenvalue weighted by Gasteiger charge is 2.16. The first-order chi connectivity index (χ1) is 11.1. The van der Waals surface area contributed by atoms with E-state index in [1.807, 2.05) is 24.0 Å². The Labute approximate surface area is 140 Å². The molecule has 6 nitrogen and oxygen atoms in total. The van der Waals surface area contributed by atoms with Gasteiger partial charge in [-0.2, -0.15) is 4.98 Å². The van der Waals surface area contributed by atoms with E-state index in [0.717, 1.165) is 18.5 Å². The molecule has 23 heavy (non-hydrogen) atoms. The standard InChI is InChI=1S/C16H20ClN3O3/c1-3-8-20(11-15(21)22-4-2)10-14-18-16(19-23-14)12-6-5-7-13(17)9-12/h5-7,9H,3-4,8,10-11H2,1-2H3. The Balaban J connectivity index is 2.04. The van der Waals surface area contributed by atoms with E-state index < -0.39 is 0 Å². The summed E-state index contributed by atoms with van der Waals surface area (Å²) in [5.74, 6) is 0.684. The number of esters is 1. The van der Waals surface area contributed by atoms with Crippen molar-refractivity contribution in [3.05, 3.63) is 35.2 Å². The second kappa shape index (κ2) is 8.64. The van der Waals surface area contributed by atoms with Gasteiger partial charge in [-0.25, -0.2) is 0 Å². The van der Waals surface area contributed by atoms with Gasteiger partial charge in [0.15, 0.2) is 0 Å². The number of halogens is 1. The third-order valence-electron chi connectivity index (χ3n) is 3.11. The van der Waals surface area contributed by atoms with E-state index in [9.17, 15) is 4.79 Å². The van der Waals surface area contributed by atoms with Gasteiger partial charge in [0.1, 0.15) is 0 Å². The highest BCUT2D eigenvalue weighted by atomic mass is 35.5. The Kier molecular flexibility index (Phi) is 6.55. The summed E-state index contributed by atoms with van der Waals surface area (Å²) in [6, 6.07) is 7.26. The summed E-state index contributed by atoms with van der Waals surface area (Å²) in [6.45, 7) is 5.56. The fraction of sp³-hybridized carbons (Fsp3) is 0.438. The summed E-state index contributed by atoms with van der Waals surface area (Å²) in [5.41, 5.74) is 0.792. The fourth-order valence-corrected chi connectivity index (χ4v) is 2.36. The summed E-state index contributed by atoms with van der Waals surface area (Å²) in [7, 11) is 0. The zero-order chi connectivity index (χ0) is 16.7. The molecule has 1 heterocycles. The second-order valence-electron chi connectivity index (χ2n) is 5.04. The molecule has 1 aromatic heterocycles. The van der Waals surface area contributed by atoms with Crippen LogP contribution in [0.4, 0.5) is 0 Å². The number of ether oxygens (including phenoxy) is 1. The van der Waals surface area contributed by atoms with Crippen LogP contribution in [0.3, 0.4) is 0 Å². The molecular formula is C16H20ClN3O3. The van der Waals surface area contributed by atoms with Gasteiger partial charge in [-0.3, -0.25) is 9.69 Å². The maximum atomic E-state index is 11.6. The van der Waals surface area contributed by atoms with Crippen LogP contribution in [0, 0.1) is 0 Å². The molecule has 0 unspecified atom stereocenters. The van der Waals surface area contributed by atoms with Crippen molar-refractivity contribution in [2.45, 2.75) is 26.8 Å². The SMILES string of the molecule is CCCN(CC(=O)OCC)Cc1nc(-c2cccc(Cl)c2)no1. The number of nitrogens with zero attached hydrogens (tertiary/aromatic N) is 3. The van der Waals surface area contributed by atoms with Crippen LogP contribution in [0.15, 0.2) is 28.8 Å². The molecule has 0 fully saturated rings. The molecule has 0 N–H and O–H groups in total. The molecule has 124 valence electrons. The Morgan fingerprint density at radius 1 is 1.39 bits per heavy atom. The number of carbonyl (C=O) groups is 1. The second-order valence-corrected chi connectivity index (χ2v) is 5.47. The normalized spacial score (nSPS) is 11.0. The zero-order valence-electron chi connectivity index (χ0n) is 13.3. The van der Waals surface area contributed by atoms with Gasteiger partial charge >= 0.3 is 5.97 Å². The molecule has 1 aromatic carbocycles. The van der Waals surface area contributed by atoms with E-state index in [1.165, 1.54) is 0 Å². The monoisotopic (exact) mass is 337 g/mol. The summed E-state index contributed by atoms with van der Waals surface area (Å²) in [5, 5.41) is 4.58. The number of benzene rings is 1. The average Bonchev–Trinajstić information content (AvgIpc) is 2.96. The van der Waals surface area contributed by atoms with Gasteiger partial charge < -0.3 is 9.26 Å². The summed E-state index contributed by atoms with van der Waals surface area (Å²) < 4.78 is 10.3. The van der Waals surface area contributed by atoms with Crippen molar-refractivity contribution >= 4 is 17.6 Å². The van der Waals surface area contributed by atoms with Crippen LogP contribution in [0.5, 0.6) is 0 Å². The lowest BCUT2D eigenvalue weighted by atomic mass is 10.2. The van der Waals surface area contributed by atoms with Crippen molar-refractivity contribution in [3.8, 4) is 11.4 Å². The molecule has 0 saturated carbocycles. The maximum Gasteiger partial charge on any atom is 0.320 e. The Hall–Kier alpha value is -1.92. The molecule has 0 atom stereocenters. The smallest absolute Gasteiger partial charge is 0.320 e. The third kappa shape index (κ3) is 5.33. The van der Waals surface area contributed by atoms with Crippen molar-refractivity contribution in [3.63, 3.8) is 0 Å². The number of hydrogen-bond acceptors (Lipinski definition) is 6. The van der Waals surface area contributed by atoms with Gasteiger partial charge in [0, 0.05) is 10.6 Å². The largest absolute Gasteiger partial charge is 0.465 e. The van der Waals surface area contributed by atoms with Gasteiger partial charge in [0.05, 0.1) is 19.7 Å². The Morgan fingerprint density at radius 2 is 2.22 bits per heavy atom. The molecule has 0 aliphatic rings. The highest BCUT2D eigenvalue weighted by molar-refractivity contribution is 6.30. The summed E-state index contributed by atoms with van der Waals surface area (Å²) in [6.07, 6.45) is 0.911. The average molecular weight is 338 g/mol. The van der Waals surface area contributed by atoms with Crippen LogP contribution in [0.1, 0.15) is 26.2 Å². The molecule has 0 spiro atoms. The van der Waals surface area contributed by atoms with Crippen LogP contribution in [0.25, 0.3) is 11.4 Å². The number of aromatic nitrogens is 2. The summed E-state index contributed by atoms with van der Waals surface area (Å²) >= 11 is 5.97. The molecule has 2 rings (SSSR count). The quantitative estimate of drug-likeness (QED) is 0.689. The van der Waals surface area contributed by atoms with Gasteiger partial charge in [-0.05, 0) is 32.0 Å². The van der Waals surface area contributed by atoms with Gasteiger partial charge in [0.2, 0.25) is 11.7 Å². The fourth-order valence-electron chi connectivity index (χ4n) is 2.17. The highest BCUT2D eigenvalue weighted by Crippen LogP contribution is 2.20. The lowest BCUT2D eigenvalue weighted by Gasteiger charge is -2.18. The van der Waals surface area contributed by atoms with Crippen LogP contribution in [-0.4, -0.2) is 40.7 Å². The van der Waals surface area contributed by atoms with E-state index in [4.69, 9.17) is 20.9 Å². The van der Waals surface area contributed by atoms with Gasteiger partial charge in [-0.1, -0.05) is 35.8 Å². The van der Waals surface area contributed by atoms with E-state index in [2.05, 4.69) is 10.1 Å². The molecule has 0 aliphatic carbocycles. The minimum absolute atomic E-state index is 0.205. The minimum Gasteiger partial charge on any atom is -0.465 e. The van der Waals surface area contributed by atoms with Crippen LogP contribution in [0.2, 0.25) is 5.02 Å². The van der Waals surface area contributed by atoms with Crippen molar-refractivity contribution in [2.24, 2.45) is 0 Å². The first kappa shape index (κ1) is 17.4. The third-order valence-corrected chi connectivity index (χ3v) is 3.34. The Morgan fingerprint density at radius 3 is 2.91 bits per heavy atom. The van der Waals surface area contributed by atoms with E-state index in [-0.39, 0.29) is 12.5 Å². The Bertz CT molecular complexity index is 645.